The average Bonchev–Trinajstić information content (AvgIpc) is 3.29. The van der Waals surface area contributed by atoms with Gasteiger partial charge >= 0.3 is 0 Å². The van der Waals surface area contributed by atoms with E-state index < -0.39 is 4.92 Å². The highest BCUT2D eigenvalue weighted by Crippen LogP contribution is 2.17. The van der Waals surface area contributed by atoms with Gasteiger partial charge in [-0.2, -0.15) is 0 Å². The van der Waals surface area contributed by atoms with Gasteiger partial charge in [-0.1, -0.05) is 30.3 Å². The van der Waals surface area contributed by atoms with Gasteiger partial charge in [-0.25, -0.2) is 4.99 Å². The van der Waals surface area contributed by atoms with Crippen molar-refractivity contribution in [1.82, 2.24) is 10.6 Å². The zero-order valence-corrected chi connectivity index (χ0v) is 19.9. The van der Waals surface area contributed by atoms with Crippen molar-refractivity contribution in [3.05, 3.63) is 69.8 Å². The number of nitrogens with one attached hydrogen (secondary N) is 2. The zero-order valence-electron chi connectivity index (χ0n) is 17.6. The number of nitro benzene ring substituents is 1. The molecule has 8 nitrogen and oxygen atoms in total. The number of halogens is 1. The number of guanidine groups is 1. The zero-order chi connectivity index (χ0) is 21.2. The molecule has 2 aromatic rings. The van der Waals surface area contributed by atoms with Crippen molar-refractivity contribution in [3.8, 4) is 5.75 Å². The predicted molar refractivity (Wildman–Crippen MR) is 131 cm³/mol. The fraction of sp³-hybridized carbons (Fsp3) is 0.409. The first-order valence-corrected chi connectivity index (χ1v) is 10.1. The third-order valence-corrected chi connectivity index (χ3v) is 4.97. The van der Waals surface area contributed by atoms with E-state index >= 15 is 0 Å². The lowest BCUT2D eigenvalue weighted by atomic mass is 10.1. The summed E-state index contributed by atoms with van der Waals surface area (Å²) in [6.07, 6.45) is 3.13. The predicted octanol–water partition coefficient (Wildman–Crippen LogP) is 3.68. The number of ether oxygens (including phenoxy) is 2. The monoisotopic (exact) mass is 540 g/mol. The summed E-state index contributed by atoms with van der Waals surface area (Å²) in [7, 11) is 1.67. The number of para-hydroxylation sites is 1. The van der Waals surface area contributed by atoms with E-state index in [9.17, 15) is 10.1 Å². The largest absolute Gasteiger partial charge is 0.496 e. The summed E-state index contributed by atoms with van der Waals surface area (Å²) in [5, 5.41) is 17.5. The molecule has 1 aliphatic rings. The van der Waals surface area contributed by atoms with E-state index in [1.165, 1.54) is 12.1 Å². The molecule has 0 amide bonds. The van der Waals surface area contributed by atoms with Gasteiger partial charge in [-0.15, -0.1) is 24.0 Å². The lowest BCUT2D eigenvalue weighted by Crippen LogP contribution is -2.42. The number of hydrogen-bond donors (Lipinski definition) is 2. The Hall–Kier alpha value is -2.40. The van der Waals surface area contributed by atoms with Crippen molar-refractivity contribution in [2.45, 2.75) is 31.9 Å². The first-order valence-electron chi connectivity index (χ1n) is 10.1. The van der Waals surface area contributed by atoms with Crippen LogP contribution >= 0.6 is 24.0 Å². The van der Waals surface area contributed by atoms with Crippen LogP contribution in [-0.2, 0) is 17.7 Å². The molecule has 1 heterocycles. The first kappa shape index (κ1) is 24.9. The smallest absolute Gasteiger partial charge is 0.269 e. The first-order chi connectivity index (χ1) is 14.7. The molecule has 1 atom stereocenters. The van der Waals surface area contributed by atoms with Crippen molar-refractivity contribution < 1.29 is 14.4 Å². The number of hydrogen-bond acceptors (Lipinski definition) is 5. The second-order valence-corrected chi connectivity index (χ2v) is 7.09. The Morgan fingerprint density at radius 3 is 2.68 bits per heavy atom. The third-order valence-electron chi connectivity index (χ3n) is 4.97. The Morgan fingerprint density at radius 2 is 2.00 bits per heavy atom. The lowest BCUT2D eigenvalue weighted by molar-refractivity contribution is -0.384. The van der Waals surface area contributed by atoms with Gasteiger partial charge in [0, 0.05) is 31.8 Å². The third kappa shape index (κ3) is 7.98. The van der Waals surface area contributed by atoms with Crippen molar-refractivity contribution in [1.29, 1.82) is 0 Å². The van der Waals surface area contributed by atoms with Crippen molar-refractivity contribution >= 4 is 35.6 Å². The van der Waals surface area contributed by atoms with E-state index in [-0.39, 0.29) is 35.8 Å². The van der Waals surface area contributed by atoms with Crippen LogP contribution in [0.2, 0.25) is 0 Å². The van der Waals surface area contributed by atoms with E-state index in [1.54, 1.807) is 19.2 Å². The Labute approximate surface area is 199 Å². The van der Waals surface area contributed by atoms with Gasteiger partial charge in [0.1, 0.15) is 5.75 Å². The van der Waals surface area contributed by atoms with Gasteiger partial charge in [0.2, 0.25) is 0 Å². The number of benzene rings is 2. The maximum atomic E-state index is 10.8. The summed E-state index contributed by atoms with van der Waals surface area (Å²) >= 11 is 0. The minimum Gasteiger partial charge on any atom is -0.496 e. The molecule has 31 heavy (non-hydrogen) atoms. The SMILES string of the molecule is COc1ccccc1CCNC(=NCc1ccc([N+](=O)[O-])cc1)NCC1CCCO1.I. The Balaban J connectivity index is 0.00000341. The number of methoxy groups -OCH3 is 1. The minimum absolute atomic E-state index is 0. The normalized spacial score (nSPS) is 15.8. The summed E-state index contributed by atoms with van der Waals surface area (Å²) in [5.74, 6) is 1.56. The topological polar surface area (TPSA) is 98.0 Å². The molecule has 1 unspecified atom stereocenters. The van der Waals surface area contributed by atoms with Crippen LogP contribution in [0.4, 0.5) is 5.69 Å². The highest BCUT2D eigenvalue weighted by Gasteiger charge is 2.15. The number of rotatable bonds is 9. The summed E-state index contributed by atoms with van der Waals surface area (Å²) in [5.41, 5.74) is 2.11. The molecule has 168 valence electrons. The van der Waals surface area contributed by atoms with Crippen LogP contribution in [-0.4, -0.2) is 43.8 Å². The molecule has 9 heteroatoms. The number of non-ortho nitro benzene ring substituents is 1. The molecule has 0 saturated carbocycles. The van der Waals surface area contributed by atoms with Crippen LogP contribution in [0.5, 0.6) is 5.75 Å². The van der Waals surface area contributed by atoms with Crippen LogP contribution < -0.4 is 15.4 Å². The van der Waals surface area contributed by atoms with Crippen LogP contribution in [0.15, 0.2) is 53.5 Å². The fourth-order valence-corrected chi connectivity index (χ4v) is 3.31. The molecule has 0 bridgehead atoms. The van der Waals surface area contributed by atoms with Crippen molar-refractivity contribution in [3.63, 3.8) is 0 Å². The molecule has 0 radical (unpaired) electrons. The second kappa shape index (κ2) is 13.1. The molecule has 0 aromatic heterocycles. The van der Waals surface area contributed by atoms with Gasteiger partial charge < -0.3 is 20.1 Å². The van der Waals surface area contributed by atoms with E-state index in [4.69, 9.17) is 9.47 Å². The molecule has 0 spiro atoms. The van der Waals surface area contributed by atoms with Crippen LogP contribution in [0.25, 0.3) is 0 Å². The highest BCUT2D eigenvalue weighted by molar-refractivity contribution is 14.0. The van der Waals surface area contributed by atoms with Gasteiger partial charge in [0.05, 0.1) is 24.7 Å². The van der Waals surface area contributed by atoms with Gasteiger partial charge in [0.25, 0.3) is 5.69 Å². The maximum Gasteiger partial charge on any atom is 0.269 e. The van der Waals surface area contributed by atoms with Gasteiger partial charge in [-0.3, -0.25) is 10.1 Å². The molecule has 1 saturated heterocycles. The molecule has 1 aliphatic heterocycles. The lowest BCUT2D eigenvalue weighted by Gasteiger charge is -2.16. The molecular weight excluding hydrogens is 511 g/mol. The van der Waals surface area contributed by atoms with Crippen LogP contribution in [0.1, 0.15) is 24.0 Å². The Kier molecular flexibility index (Phi) is 10.5. The van der Waals surface area contributed by atoms with E-state index in [0.29, 0.717) is 25.6 Å². The van der Waals surface area contributed by atoms with Gasteiger partial charge in [-0.05, 0) is 36.5 Å². The summed E-state index contributed by atoms with van der Waals surface area (Å²) < 4.78 is 11.1. The number of aliphatic imine (C=N–C) groups is 1. The van der Waals surface area contributed by atoms with E-state index in [1.807, 2.05) is 24.3 Å². The second-order valence-electron chi connectivity index (χ2n) is 7.09. The molecule has 2 N–H and O–H groups in total. The van der Waals surface area contributed by atoms with Crippen LogP contribution in [0.3, 0.4) is 0 Å². The van der Waals surface area contributed by atoms with E-state index in [0.717, 1.165) is 42.7 Å². The summed E-state index contributed by atoms with van der Waals surface area (Å²) in [6, 6.07) is 14.4. The maximum absolute atomic E-state index is 10.8. The Morgan fingerprint density at radius 1 is 1.23 bits per heavy atom. The fourth-order valence-electron chi connectivity index (χ4n) is 3.31. The number of nitrogens with zero attached hydrogens (tertiary/aromatic N) is 2. The molecule has 2 aromatic carbocycles. The standard InChI is InChI=1S/C22H28N4O4.HI/c1-29-21-7-3-2-5-18(21)12-13-23-22(25-16-20-6-4-14-30-20)24-15-17-8-10-19(11-9-17)26(27)28;/h2-3,5,7-11,20H,4,6,12-16H2,1H3,(H2,23,24,25);1H. The summed E-state index contributed by atoms with van der Waals surface area (Å²) in [6.45, 7) is 2.62. The molecule has 3 rings (SSSR count). The minimum atomic E-state index is -0.402. The summed E-state index contributed by atoms with van der Waals surface area (Å²) in [4.78, 5) is 15.0. The molecule has 0 aliphatic carbocycles. The Bertz CT molecular complexity index is 855. The molecule has 1 fully saturated rings. The van der Waals surface area contributed by atoms with Gasteiger partial charge in [0.15, 0.2) is 5.96 Å². The highest BCUT2D eigenvalue weighted by atomic mass is 127. The van der Waals surface area contributed by atoms with E-state index in [2.05, 4.69) is 15.6 Å². The number of nitro groups is 1. The quantitative estimate of drug-likeness (QED) is 0.166. The van der Waals surface area contributed by atoms with Crippen molar-refractivity contribution in [2.24, 2.45) is 4.99 Å². The molecular formula is C22H29IN4O4. The van der Waals surface area contributed by atoms with Crippen LogP contribution in [0, 0.1) is 10.1 Å². The van der Waals surface area contributed by atoms with Crippen molar-refractivity contribution in [2.75, 3.05) is 26.8 Å². The average molecular weight is 540 g/mol.